The lowest BCUT2D eigenvalue weighted by molar-refractivity contribution is -0.128. The van der Waals surface area contributed by atoms with Crippen LogP contribution < -0.4 is 5.48 Å². The van der Waals surface area contributed by atoms with Crippen molar-refractivity contribution in [2.75, 3.05) is 0 Å². The Bertz CT molecular complexity index is 412. The molecule has 3 nitrogen and oxygen atoms in total. The fraction of sp³-hybridized carbons (Fsp3) is 0.462. The van der Waals surface area contributed by atoms with Crippen molar-refractivity contribution >= 4 is 17.7 Å². The van der Waals surface area contributed by atoms with Gasteiger partial charge in [-0.1, -0.05) is 19.8 Å². The molecule has 0 aliphatic heterocycles. The average molecular weight is 271 g/mol. The molecule has 1 aromatic rings. The van der Waals surface area contributed by atoms with Gasteiger partial charge in [-0.05, 0) is 37.1 Å². The summed E-state index contributed by atoms with van der Waals surface area (Å²) in [4.78, 5) is 12.4. The van der Waals surface area contributed by atoms with Gasteiger partial charge >= 0.3 is 0 Å². The number of rotatable bonds is 6. The van der Waals surface area contributed by atoms with Gasteiger partial charge in [0.15, 0.2) is 0 Å². The molecule has 1 amide bonds. The van der Waals surface area contributed by atoms with E-state index in [1.54, 1.807) is 24.5 Å². The van der Waals surface area contributed by atoms with Crippen molar-refractivity contribution in [1.29, 1.82) is 0 Å². The van der Waals surface area contributed by atoms with Crippen LogP contribution in [0, 0.1) is 12.7 Å². The van der Waals surface area contributed by atoms with Crippen LogP contribution >= 0.6 is 11.8 Å². The monoisotopic (exact) mass is 271 g/mol. The zero-order valence-electron chi connectivity index (χ0n) is 10.6. The molecule has 0 heterocycles. The predicted octanol–water partition coefficient (Wildman–Crippen LogP) is 3.29. The first-order chi connectivity index (χ1) is 8.58. The van der Waals surface area contributed by atoms with E-state index in [-0.39, 0.29) is 11.1 Å². The van der Waals surface area contributed by atoms with Crippen LogP contribution in [-0.2, 0) is 4.79 Å². The first-order valence-electron chi connectivity index (χ1n) is 5.95. The van der Waals surface area contributed by atoms with Crippen molar-refractivity contribution in [3.8, 4) is 0 Å². The Kier molecular flexibility index (Phi) is 6.15. The first-order valence-corrected chi connectivity index (χ1v) is 6.83. The standard InChI is InChI=1S/C13H18FNO2S/c1-3-4-5-12(13(16)15-17)18-10-6-7-11(14)9(2)8-10/h6-8,12,17H,3-5H2,1-2H3,(H,15,16)/t12-/m0/s1. The van der Waals surface area contributed by atoms with Crippen LogP contribution in [0.1, 0.15) is 31.7 Å². The number of hydrogen-bond acceptors (Lipinski definition) is 3. The molecule has 0 saturated heterocycles. The van der Waals surface area contributed by atoms with E-state index in [0.717, 1.165) is 17.7 Å². The van der Waals surface area contributed by atoms with Crippen LogP contribution in [0.2, 0.25) is 0 Å². The van der Waals surface area contributed by atoms with Crippen LogP contribution in [0.5, 0.6) is 0 Å². The Labute approximate surface area is 111 Å². The van der Waals surface area contributed by atoms with E-state index in [9.17, 15) is 9.18 Å². The lowest BCUT2D eigenvalue weighted by atomic mass is 10.2. The van der Waals surface area contributed by atoms with Crippen LogP contribution in [0.25, 0.3) is 0 Å². The van der Waals surface area contributed by atoms with Crippen LogP contribution in [-0.4, -0.2) is 16.4 Å². The Morgan fingerprint density at radius 2 is 2.28 bits per heavy atom. The fourth-order valence-corrected chi connectivity index (χ4v) is 2.72. The Hall–Kier alpha value is -1.07. The number of carbonyl (C=O) groups excluding carboxylic acids is 1. The van der Waals surface area contributed by atoms with Crippen molar-refractivity contribution < 1.29 is 14.4 Å². The highest BCUT2D eigenvalue weighted by molar-refractivity contribution is 8.00. The summed E-state index contributed by atoms with van der Waals surface area (Å²) >= 11 is 1.35. The molecule has 100 valence electrons. The molecule has 1 aromatic carbocycles. The minimum Gasteiger partial charge on any atom is -0.289 e. The maximum Gasteiger partial charge on any atom is 0.256 e. The number of amides is 1. The predicted molar refractivity (Wildman–Crippen MR) is 70.2 cm³/mol. The van der Waals surface area contributed by atoms with Gasteiger partial charge in [0.05, 0.1) is 5.25 Å². The zero-order chi connectivity index (χ0) is 13.5. The molecule has 0 bridgehead atoms. The van der Waals surface area contributed by atoms with Crippen molar-refractivity contribution in [3.63, 3.8) is 0 Å². The third-order valence-electron chi connectivity index (χ3n) is 2.63. The molecule has 5 heteroatoms. The molecule has 0 aliphatic rings. The van der Waals surface area contributed by atoms with E-state index in [1.165, 1.54) is 17.8 Å². The summed E-state index contributed by atoms with van der Waals surface area (Å²) in [7, 11) is 0. The number of halogens is 1. The van der Waals surface area contributed by atoms with E-state index in [1.807, 2.05) is 6.92 Å². The quantitative estimate of drug-likeness (QED) is 0.474. The molecule has 0 unspecified atom stereocenters. The number of nitrogens with one attached hydrogen (secondary N) is 1. The van der Waals surface area contributed by atoms with Gasteiger partial charge < -0.3 is 0 Å². The van der Waals surface area contributed by atoms with Gasteiger partial charge in [0.25, 0.3) is 5.91 Å². The third-order valence-corrected chi connectivity index (χ3v) is 3.89. The topological polar surface area (TPSA) is 49.3 Å². The largest absolute Gasteiger partial charge is 0.289 e. The molecule has 0 fully saturated rings. The third kappa shape index (κ3) is 4.31. The molecule has 18 heavy (non-hydrogen) atoms. The molecule has 0 saturated carbocycles. The smallest absolute Gasteiger partial charge is 0.256 e. The highest BCUT2D eigenvalue weighted by Crippen LogP contribution is 2.28. The maximum atomic E-state index is 13.1. The Morgan fingerprint density at radius 1 is 1.56 bits per heavy atom. The molecular formula is C13H18FNO2S. The van der Waals surface area contributed by atoms with Crippen LogP contribution in [0.15, 0.2) is 23.1 Å². The SMILES string of the molecule is CCCC[C@H](Sc1ccc(F)c(C)c1)C(=O)NO. The summed E-state index contributed by atoms with van der Waals surface area (Å²) < 4.78 is 13.1. The summed E-state index contributed by atoms with van der Waals surface area (Å²) in [6.07, 6.45) is 2.58. The number of carbonyl (C=O) groups is 1. The van der Waals surface area contributed by atoms with Gasteiger partial charge in [0.2, 0.25) is 0 Å². The highest BCUT2D eigenvalue weighted by atomic mass is 32.2. The van der Waals surface area contributed by atoms with Crippen LogP contribution in [0.3, 0.4) is 0 Å². The average Bonchev–Trinajstić information content (AvgIpc) is 2.37. The lowest BCUT2D eigenvalue weighted by Gasteiger charge is -2.14. The van der Waals surface area contributed by atoms with E-state index in [2.05, 4.69) is 0 Å². The molecule has 1 atom stereocenters. The van der Waals surface area contributed by atoms with Gasteiger partial charge in [0, 0.05) is 4.90 Å². The number of aryl methyl sites for hydroxylation is 1. The summed E-state index contributed by atoms with van der Waals surface area (Å²) in [5, 5.41) is 8.36. The number of thioether (sulfide) groups is 1. The number of hydrogen-bond donors (Lipinski definition) is 2. The lowest BCUT2D eigenvalue weighted by Crippen LogP contribution is -2.30. The van der Waals surface area contributed by atoms with Gasteiger partial charge in [0.1, 0.15) is 5.82 Å². The van der Waals surface area contributed by atoms with E-state index in [4.69, 9.17) is 5.21 Å². The van der Waals surface area contributed by atoms with Crippen molar-refractivity contribution in [3.05, 3.63) is 29.6 Å². The zero-order valence-corrected chi connectivity index (χ0v) is 11.4. The summed E-state index contributed by atoms with van der Waals surface area (Å²) in [6.45, 7) is 3.73. The number of unbranched alkanes of at least 4 members (excludes halogenated alkanes) is 1. The maximum absolute atomic E-state index is 13.1. The second kappa shape index (κ2) is 7.38. The number of hydroxylamine groups is 1. The Morgan fingerprint density at radius 3 is 2.83 bits per heavy atom. The Balaban J connectivity index is 2.75. The molecule has 1 rings (SSSR count). The van der Waals surface area contributed by atoms with Gasteiger partial charge in [-0.25, -0.2) is 9.87 Å². The molecule has 0 spiro atoms. The van der Waals surface area contributed by atoms with E-state index < -0.39 is 5.91 Å². The van der Waals surface area contributed by atoms with Crippen molar-refractivity contribution in [1.82, 2.24) is 5.48 Å². The molecule has 2 N–H and O–H groups in total. The molecule has 0 aliphatic carbocycles. The highest BCUT2D eigenvalue weighted by Gasteiger charge is 2.19. The van der Waals surface area contributed by atoms with Gasteiger partial charge in [-0.3, -0.25) is 10.0 Å². The fourth-order valence-electron chi connectivity index (χ4n) is 1.56. The second-order valence-corrected chi connectivity index (χ2v) is 5.41. The van der Waals surface area contributed by atoms with Crippen LogP contribution in [0.4, 0.5) is 4.39 Å². The van der Waals surface area contributed by atoms with E-state index in [0.29, 0.717) is 12.0 Å². The van der Waals surface area contributed by atoms with Crippen molar-refractivity contribution in [2.45, 2.75) is 43.3 Å². The molecule has 0 aromatic heterocycles. The summed E-state index contributed by atoms with van der Waals surface area (Å²) in [5.41, 5.74) is 2.24. The molecule has 0 radical (unpaired) electrons. The normalized spacial score (nSPS) is 12.2. The summed E-state index contributed by atoms with van der Waals surface area (Å²) in [6, 6.07) is 4.76. The summed E-state index contributed by atoms with van der Waals surface area (Å²) in [5.74, 6) is -0.661. The number of benzene rings is 1. The second-order valence-electron chi connectivity index (χ2n) is 4.14. The minimum atomic E-state index is -0.407. The minimum absolute atomic E-state index is 0.254. The van der Waals surface area contributed by atoms with E-state index >= 15 is 0 Å². The van der Waals surface area contributed by atoms with Gasteiger partial charge in [-0.15, -0.1) is 11.8 Å². The van der Waals surface area contributed by atoms with Gasteiger partial charge in [-0.2, -0.15) is 0 Å². The molecular weight excluding hydrogens is 253 g/mol. The first kappa shape index (κ1) is 15.0. The van der Waals surface area contributed by atoms with Crippen molar-refractivity contribution in [2.24, 2.45) is 0 Å².